The van der Waals surface area contributed by atoms with Crippen molar-refractivity contribution >= 4 is 39.2 Å². The van der Waals surface area contributed by atoms with Crippen LogP contribution in [-0.2, 0) is 4.79 Å². The second-order valence-corrected chi connectivity index (χ2v) is 5.82. The monoisotopic (exact) mass is 305 g/mol. The number of carbonyl (C=O) groups excluding carboxylic acids is 2. The number of nitrogens with two attached hydrogens (primary N) is 1. The van der Waals surface area contributed by atoms with Crippen molar-refractivity contribution in [2.75, 3.05) is 25.4 Å². The minimum absolute atomic E-state index is 0.00657. The molecular formula is C13H15N5O2S. The van der Waals surface area contributed by atoms with E-state index >= 15 is 0 Å². The number of rotatable bonds is 3. The standard InChI is InChI=1S/C13H15N5O2S/c14-9-10-13(16-4-3-15-10)21-11(9)12(20)17-7-8(19)18-5-1-2-6-18/h3-4H,1-2,5-7,14H2,(H,17,20). The minimum Gasteiger partial charge on any atom is -0.396 e. The van der Waals surface area contributed by atoms with Crippen LogP contribution in [0.2, 0.25) is 0 Å². The lowest BCUT2D eigenvalue weighted by atomic mass is 10.3. The number of nitrogens with one attached hydrogen (secondary N) is 1. The summed E-state index contributed by atoms with van der Waals surface area (Å²) in [4.78, 5) is 35.0. The first-order valence-corrected chi connectivity index (χ1v) is 7.53. The summed E-state index contributed by atoms with van der Waals surface area (Å²) < 4.78 is 0. The number of nitrogens with zero attached hydrogens (tertiary/aromatic N) is 3. The lowest BCUT2D eigenvalue weighted by Crippen LogP contribution is -2.38. The van der Waals surface area contributed by atoms with E-state index in [9.17, 15) is 9.59 Å². The molecule has 0 unspecified atom stereocenters. The summed E-state index contributed by atoms with van der Waals surface area (Å²) in [6, 6.07) is 0. The van der Waals surface area contributed by atoms with E-state index in [4.69, 9.17) is 5.73 Å². The van der Waals surface area contributed by atoms with Crippen molar-refractivity contribution in [1.82, 2.24) is 20.2 Å². The highest BCUT2D eigenvalue weighted by Gasteiger charge is 2.21. The van der Waals surface area contributed by atoms with Crippen molar-refractivity contribution < 1.29 is 9.59 Å². The highest BCUT2D eigenvalue weighted by Crippen LogP contribution is 2.30. The molecule has 0 aromatic carbocycles. The van der Waals surface area contributed by atoms with Gasteiger partial charge in [-0.1, -0.05) is 0 Å². The van der Waals surface area contributed by atoms with E-state index in [0.717, 1.165) is 25.9 Å². The number of amides is 2. The molecule has 3 heterocycles. The summed E-state index contributed by atoms with van der Waals surface area (Å²) in [5.74, 6) is -0.415. The van der Waals surface area contributed by atoms with E-state index in [1.807, 2.05) is 0 Å². The van der Waals surface area contributed by atoms with Crippen molar-refractivity contribution in [1.29, 1.82) is 0 Å². The number of thiophene rings is 1. The largest absolute Gasteiger partial charge is 0.396 e. The van der Waals surface area contributed by atoms with Gasteiger partial charge in [-0.2, -0.15) is 0 Å². The highest BCUT2D eigenvalue weighted by molar-refractivity contribution is 7.21. The third kappa shape index (κ3) is 2.66. The molecule has 3 N–H and O–H groups in total. The van der Waals surface area contributed by atoms with E-state index in [2.05, 4.69) is 15.3 Å². The molecule has 0 atom stereocenters. The summed E-state index contributed by atoms with van der Waals surface area (Å²) in [6.45, 7) is 1.54. The fourth-order valence-corrected chi connectivity index (χ4v) is 3.26. The van der Waals surface area contributed by atoms with E-state index in [1.54, 1.807) is 11.1 Å². The second-order valence-electron chi connectivity index (χ2n) is 4.83. The normalized spacial score (nSPS) is 14.6. The first-order valence-electron chi connectivity index (χ1n) is 6.72. The smallest absolute Gasteiger partial charge is 0.264 e. The molecule has 3 rings (SSSR count). The van der Waals surface area contributed by atoms with Gasteiger partial charge in [-0.25, -0.2) is 9.97 Å². The maximum Gasteiger partial charge on any atom is 0.264 e. The molecule has 0 aliphatic carbocycles. The van der Waals surface area contributed by atoms with Gasteiger partial charge in [0, 0.05) is 25.5 Å². The van der Waals surface area contributed by atoms with Gasteiger partial charge in [0.2, 0.25) is 5.91 Å². The molecule has 7 nitrogen and oxygen atoms in total. The van der Waals surface area contributed by atoms with Gasteiger partial charge < -0.3 is 16.0 Å². The van der Waals surface area contributed by atoms with Crippen LogP contribution >= 0.6 is 11.3 Å². The molecule has 21 heavy (non-hydrogen) atoms. The summed E-state index contributed by atoms with van der Waals surface area (Å²) in [6.07, 6.45) is 5.14. The molecule has 2 aromatic heterocycles. The molecule has 1 aliphatic heterocycles. The van der Waals surface area contributed by atoms with E-state index < -0.39 is 0 Å². The van der Waals surface area contributed by atoms with Crippen molar-refractivity contribution in [3.63, 3.8) is 0 Å². The topological polar surface area (TPSA) is 101 Å². The minimum atomic E-state index is -0.357. The van der Waals surface area contributed by atoms with E-state index in [-0.39, 0.29) is 18.4 Å². The average molecular weight is 305 g/mol. The predicted octanol–water partition coefficient (Wildman–Crippen LogP) is 0.626. The van der Waals surface area contributed by atoms with Crippen LogP contribution in [0.3, 0.4) is 0 Å². The molecule has 2 amide bonds. The number of carbonyl (C=O) groups is 2. The molecule has 1 aliphatic rings. The SMILES string of the molecule is Nc1c(C(=O)NCC(=O)N2CCCC2)sc2nccnc12. The molecule has 0 spiro atoms. The van der Waals surface area contributed by atoms with E-state index in [0.29, 0.717) is 20.9 Å². The summed E-state index contributed by atoms with van der Waals surface area (Å²) >= 11 is 1.18. The molecule has 110 valence electrons. The third-order valence-electron chi connectivity index (χ3n) is 3.43. The van der Waals surface area contributed by atoms with Crippen LogP contribution in [0.15, 0.2) is 12.4 Å². The molecule has 1 fully saturated rings. The van der Waals surface area contributed by atoms with Gasteiger partial charge in [0.15, 0.2) is 0 Å². The molecule has 0 saturated carbocycles. The average Bonchev–Trinajstić information content (AvgIpc) is 3.13. The number of aromatic nitrogens is 2. The lowest BCUT2D eigenvalue weighted by molar-refractivity contribution is -0.129. The van der Waals surface area contributed by atoms with Gasteiger partial charge in [0.1, 0.15) is 15.2 Å². The van der Waals surface area contributed by atoms with Crippen LogP contribution in [0.1, 0.15) is 22.5 Å². The Morgan fingerprint density at radius 1 is 1.29 bits per heavy atom. The number of fused-ring (bicyclic) bond motifs is 1. The maximum atomic E-state index is 12.1. The number of nitrogen functional groups attached to an aromatic ring is 1. The Labute approximate surface area is 125 Å². The summed E-state index contributed by atoms with van der Waals surface area (Å²) in [5.41, 5.74) is 6.76. The fourth-order valence-electron chi connectivity index (χ4n) is 2.33. The Morgan fingerprint density at radius 3 is 2.71 bits per heavy atom. The first kappa shape index (κ1) is 13.7. The van der Waals surface area contributed by atoms with Crippen molar-refractivity contribution in [3.8, 4) is 0 Å². The zero-order valence-corrected chi connectivity index (χ0v) is 12.2. The lowest BCUT2D eigenvalue weighted by Gasteiger charge is -2.15. The fraction of sp³-hybridized carbons (Fsp3) is 0.385. The molecule has 0 radical (unpaired) electrons. The van der Waals surface area contributed by atoms with Gasteiger partial charge in [-0.3, -0.25) is 9.59 Å². The second kappa shape index (κ2) is 5.65. The Kier molecular flexibility index (Phi) is 3.70. The Bertz CT molecular complexity index is 693. The summed E-state index contributed by atoms with van der Waals surface area (Å²) in [5, 5.41) is 2.62. The Morgan fingerprint density at radius 2 is 2.00 bits per heavy atom. The zero-order chi connectivity index (χ0) is 14.8. The molecule has 0 bridgehead atoms. The Hall–Kier alpha value is -2.22. The van der Waals surface area contributed by atoms with Crippen LogP contribution < -0.4 is 11.1 Å². The van der Waals surface area contributed by atoms with Gasteiger partial charge in [-0.05, 0) is 12.8 Å². The zero-order valence-electron chi connectivity index (χ0n) is 11.3. The molecule has 2 aromatic rings. The maximum absolute atomic E-state index is 12.1. The molecule has 8 heteroatoms. The van der Waals surface area contributed by atoms with Crippen molar-refractivity contribution in [2.24, 2.45) is 0 Å². The molecular weight excluding hydrogens is 290 g/mol. The van der Waals surface area contributed by atoms with Crippen LogP contribution in [0.5, 0.6) is 0 Å². The van der Waals surface area contributed by atoms with Gasteiger partial charge in [0.05, 0.1) is 12.2 Å². The number of hydrogen-bond acceptors (Lipinski definition) is 6. The van der Waals surface area contributed by atoms with Crippen LogP contribution in [0.25, 0.3) is 10.3 Å². The third-order valence-corrected chi connectivity index (χ3v) is 4.53. The number of hydrogen-bond donors (Lipinski definition) is 2. The van der Waals surface area contributed by atoms with Gasteiger partial charge >= 0.3 is 0 Å². The van der Waals surface area contributed by atoms with Crippen LogP contribution in [0, 0.1) is 0 Å². The van der Waals surface area contributed by atoms with Crippen molar-refractivity contribution in [3.05, 3.63) is 17.3 Å². The number of likely N-dealkylation sites (tertiary alicyclic amines) is 1. The summed E-state index contributed by atoms with van der Waals surface area (Å²) in [7, 11) is 0. The first-order chi connectivity index (χ1) is 10.2. The van der Waals surface area contributed by atoms with E-state index in [1.165, 1.54) is 17.5 Å². The highest BCUT2D eigenvalue weighted by atomic mass is 32.1. The molecule has 1 saturated heterocycles. The van der Waals surface area contributed by atoms with Crippen molar-refractivity contribution in [2.45, 2.75) is 12.8 Å². The Balaban J connectivity index is 1.69. The van der Waals surface area contributed by atoms with Gasteiger partial charge in [0.25, 0.3) is 5.91 Å². The van der Waals surface area contributed by atoms with Gasteiger partial charge in [-0.15, -0.1) is 11.3 Å². The quantitative estimate of drug-likeness (QED) is 0.866. The predicted molar refractivity (Wildman–Crippen MR) is 80.0 cm³/mol. The van der Waals surface area contributed by atoms with Crippen LogP contribution in [0.4, 0.5) is 5.69 Å². The van der Waals surface area contributed by atoms with Crippen LogP contribution in [-0.4, -0.2) is 46.3 Å². The number of anilines is 1.